The molecule has 0 aliphatic carbocycles. The number of amidine groups is 1. The molecule has 9 heteroatoms. The molecule has 6 nitrogen and oxygen atoms in total. The molecule has 18 heavy (non-hydrogen) atoms. The van der Waals surface area contributed by atoms with E-state index in [-0.39, 0.29) is 0 Å². The number of nitrogens with two attached hydrogens (primary N) is 1. The van der Waals surface area contributed by atoms with Crippen LogP contribution in [0.1, 0.15) is 0 Å². The van der Waals surface area contributed by atoms with E-state index in [0.717, 1.165) is 0 Å². The van der Waals surface area contributed by atoms with Crippen molar-refractivity contribution in [1.29, 1.82) is 0 Å². The third-order valence-corrected chi connectivity index (χ3v) is 2.32. The van der Waals surface area contributed by atoms with E-state index in [1.54, 1.807) is 23.3 Å². The van der Waals surface area contributed by atoms with Crippen LogP contribution in [-0.4, -0.2) is 39.9 Å². The molecule has 0 bridgehead atoms. The van der Waals surface area contributed by atoms with Crippen molar-refractivity contribution in [1.82, 2.24) is 14.9 Å². The molecule has 1 unspecified atom stereocenters. The summed E-state index contributed by atoms with van der Waals surface area (Å²) in [5.41, 5.74) is 5.00. The Bertz CT molecular complexity index is 376. The molecule has 0 aliphatic heterocycles. The smallest absolute Gasteiger partial charge is 0.400 e. The molecule has 1 atom stereocenters. The molecule has 0 spiro atoms. The summed E-state index contributed by atoms with van der Waals surface area (Å²) in [7, 11) is 0. The van der Waals surface area contributed by atoms with E-state index >= 15 is 0 Å². The lowest BCUT2D eigenvalue weighted by Gasteiger charge is -2.19. The fourth-order valence-corrected chi connectivity index (χ4v) is 1.33. The van der Waals surface area contributed by atoms with Crippen LogP contribution in [-0.2, 0) is 6.54 Å². The van der Waals surface area contributed by atoms with Crippen LogP contribution < -0.4 is 11.1 Å². The average Bonchev–Trinajstić information content (AvgIpc) is 2.79. The van der Waals surface area contributed by atoms with Gasteiger partial charge in [0.05, 0.1) is 6.33 Å². The number of halogens is 3. The van der Waals surface area contributed by atoms with Gasteiger partial charge >= 0.3 is 6.18 Å². The van der Waals surface area contributed by atoms with Crippen LogP contribution in [0.5, 0.6) is 0 Å². The fourth-order valence-electron chi connectivity index (χ4n) is 1.33. The van der Waals surface area contributed by atoms with Crippen molar-refractivity contribution < 1.29 is 18.4 Å². The summed E-state index contributed by atoms with van der Waals surface area (Å²) in [6.45, 7) is 0.372. The molecule has 0 radical (unpaired) electrons. The largest absolute Gasteiger partial charge is 0.409 e. The number of imidazole rings is 1. The van der Waals surface area contributed by atoms with E-state index in [1.165, 1.54) is 0 Å². The minimum absolute atomic E-state index is 0.321. The van der Waals surface area contributed by atoms with Gasteiger partial charge in [-0.15, -0.1) is 0 Å². The zero-order chi connectivity index (χ0) is 13.6. The summed E-state index contributed by atoms with van der Waals surface area (Å²) in [6, 6.07) is 0. The van der Waals surface area contributed by atoms with Gasteiger partial charge in [0.2, 0.25) is 0 Å². The second-order valence-corrected chi connectivity index (χ2v) is 3.62. The number of aromatic nitrogens is 2. The summed E-state index contributed by atoms with van der Waals surface area (Å²) >= 11 is 0. The van der Waals surface area contributed by atoms with Gasteiger partial charge in [-0.3, -0.25) is 0 Å². The highest BCUT2D eigenvalue weighted by atomic mass is 19.4. The maximum atomic E-state index is 12.5. The van der Waals surface area contributed by atoms with E-state index < -0.39 is 24.5 Å². The van der Waals surface area contributed by atoms with Crippen molar-refractivity contribution in [2.75, 3.05) is 13.1 Å². The van der Waals surface area contributed by atoms with Gasteiger partial charge in [0.1, 0.15) is 5.92 Å². The molecular weight excluding hydrogens is 251 g/mol. The number of oxime groups is 1. The average molecular weight is 265 g/mol. The predicted octanol–water partition coefficient (Wildman–Crippen LogP) is 0.398. The molecule has 0 aromatic carbocycles. The van der Waals surface area contributed by atoms with Crippen molar-refractivity contribution in [3.05, 3.63) is 18.7 Å². The van der Waals surface area contributed by atoms with Gasteiger partial charge < -0.3 is 20.8 Å². The van der Waals surface area contributed by atoms with E-state index in [0.29, 0.717) is 13.1 Å². The molecule has 0 saturated carbocycles. The molecule has 102 valence electrons. The monoisotopic (exact) mass is 265 g/mol. The minimum atomic E-state index is -4.54. The van der Waals surface area contributed by atoms with E-state index in [1.807, 2.05) is 0 Å². The van der Waals surface area contributed by atoms with Crippen LogP contribution in [0.3, 0.4) is 0 Å². The van der Waals surface area contributed by atoms with Gasteiger partial charge in [-0.05, 0) is 0 Å². The molecule has 1 rings (SSSR count). The molecule has 0 amide bonds. The number of hydrogen-bond acceptors (Lipinski definition) is 4. The SMILES string of the molecule is N/C(=N/O)C(CNCCn1ccnc1)C(F)(F)F. The van der Waals surface area contributed by atoms with Gasteiger partial charge in [-0.2, -0.15) is 13.2 Å². The zero-order valence-electron chi connectivity index (χ0n) is 9.43. The van der Waals surface area contributed by atoms with Crippen molar-refractivity contribution >= 4 is 5.84 Å². The first-order chi connectivity index (χ1) is 8.45. The number of nitrogens with one attached hydrogen (secondary N) is 1. The quantitative estimate of drug-likeness (QED) is 0.228. The highest BCUT2D eigenvalue weighted by Crippen LogP contribution is 2.25. The first-order valence-corrected chi connectivity index (χ1v) is 5.15. The molecule has 0 saturated heterocycles. The maximum absolute atomic E-state index is 12.5. The maximum Gasteiger partial charge on any atom is 0.400 e. The Morgan fingerprint density at radius 3 is 2.78 bits per heavy atom. The van der Waals surface area contributed by atoms with Gasteiger partial charge in [0, 0.05) is 32.0 Å². The Morgan fingerprint density at radius 2 is 2.28 bits per heavy atom. The van der Waals surface area contributed by atoms with Crippen molar-refractivity contribution in [3.63, 3.8) is 0 Å². The molecule has 4 N–H and O–H groups in total. The Hall–Kier alpha value is -1.77. The molecule has 1 heterocycles. The van der Waals surface area contributed by atoms with Crippen LogP contribution >= 0.6 is 0 Å². The van der Waals surface area contributed by atoms with Crippen LogP contribution in [0.2, 0.25) is 0 Å². The highest BCUT2D eigenvalue weighted by molar-refractivity contribution is 5.83. The van der Waals surface area contributed by atoms with Crippen LogP contribution in [0, 0.1) is 5.92 Å². The first kappa shape index (κ1) is 14.3. The van der Waals surface area contributed by atoms with Crippen LogP contribution in [0.4, 0.5) is 13.2 Å². The molecule has 0 aliphatic rings. The van der Waals surface area contributed by atoms with E-state index in [2.05, 4.69) is 15.5 Å². The van der Waals surface area contributed by atoms with Gasteiger partial charge in [0.15, 0.2) is 5.84 Å². The van der Waals surface area contributed by atoms with Gasteiger partial charge in [-0.25, -0.2) is 4.98 Å². The Morgan fingerprint density at radius 1 is 1.56 bits per heavy atom. The van der Waals surface area contributed by atoms with E-state index in [9.17, 15) is 13.2 Å². The second-order valence-electron chi connectivity index (χ2n) is 3.62. The number of alkyl halides is 3. The standard InChI is InChI=1S/C9H14F3N5O/c10-9(11,12)7(8(13)16-18)5-14-1-3-17-4-2-15-6-17/h2,4,6-7,14,18H,1,3,5H2,(H2,13,16). The molecular formula is C9H14F3N5O. The minimum Gasteiger partial charge on any atom is -0.409 e. The number of rotatable bonds is 6. The third-order valence-electron chi connectivity index (χ3n) is 2.32. The second kappa shape index (κ2) is 6.24. The lowest BCUT2D eigenvalue weighted by Crippen LogP contribution is -2.43. The van der Waals surface area contributed by atoms with Crippen molar-refractivity contribution in [2.45, 2.75) is 12.7 Å². The summed E-state index contributed by atoms with van der Waals surface area (Å²) < 4.78 is 39.3. The lowest BCUT2D eigenvalue weighted by atomic mass is 10.1. The molecule has 1 aromatic heterocycles. The van der Waals surface area contributed by atoms with Gasteiger partial charge in [-0.1, -0.05) is 5.16 Å². The summed E-state index contributed by atoms with van der Waals surface area (Å²) in [5, 5.41) is 13.3. The van der Waals surface area contributed by atoms with Crippen LogP contribution in [0.15, 0.2) is 23.9 Å². The predicted molar refractivity (Wildman–Crippen MR) is 58.1 cm³/mol. The Labute approximate surface area is 101 Å². The number of nitrogens with zero attached hydrogens (tertiary/aromatic N) is 3. The fraction of sp³-hybridized carbons (Fsp3) is 0.556. The highest BCUT2D eigenvalue weighted by Gasteiger charge is 2.42. The summed E-state index contributed by atoms with van der Waals surface area (Å²) in [4.78, 5) is 3.80. The summed E-state index contributed by atoms with van der Waals surface area (Å²) in [5.74, 6) is -2.84. The van der Waals surface area contributed by atoms with E-state index in [4.69, 9.17) is 10.9 Å². The van der Waals surface area contributed by atoms with Crippen molar-refractivity contribution in [2.24, 2.45) is 16.8 Å². The topological polar surface area (TPSA) is 88.5 Å². The first-order valence-electron chi connectivity index (χ1n) is 5.15. The summed E-state index contributed by atoms with van der Waals surface area (Å²) in [6.07, 6.45) is 0.298. The zero-order valence-corrected chi connectivity index (χ0v) is 9.43. The molecule has 1 aromatic rings. The third kappa shape index (κ3) is 4.24. The lowest BCUT2D eigenvalue weighted by molar-refractivity contribution is -0.154. The molecule has 0 fully saturated rings. The van der Waals surface area contributed by atoms with Gasteiger partial charge in [0.25, 0.3) is 0 Å². The Balaban J connectivity index is 2.39. The normalized spacial score (nSPS) is 14.7. The Kier molecular flexibility index (Phi) is 4.95. The van der Waals surface area contributed by atoms with Crippen LogP contribution in [0.25, 0.3) is 0 Å². The number of hydrogen-bond donors (Lipinski definition) is 3. The van der Waals surface area contributed by atoms with Crippen molar-refractivity contribution in [3.8, 4) is 0 Å².